The Bertz CT molecular complexity index is 1320. The van der Waals surface area contributed by atoms with Crippen LogP contribution in [0, 0.1) is 12.7 Å². The summed E-state index contributed by atoms with van der Waals surface area (Å²) in [6, 6.07) is 8.25. The van der Waals surface area contributed by atoms with Crippen molar-refractivity contribution in [3.8, 4) is 0 Å². The molecule has 0 atom stereocenters. The summed E-state index contributed by atoms with van der Waals surface area (Å²) in [5.41, 5.74) is 3.12. The van der Waals surface area contributed by atoms with Crippen LogP contribution in [0.5, 0.6) is 0 Å². The average molecular weight is 422 g/mol. The van der Waals surface area contributed by atoms with Crippen molar-refractivity contribution in [2.75, 3.05) is 26.3 Å². The zero-order valence-corrected chi connectivity index (χ0v) is 17.2. The molecule has 3 aromatic heterocycles. The van der Waals surface area contributed by atoms with E-state index >= 15 is 0 Å². The highest BCUT2D eigenvalue weighted by Gasteiger charge is 2.19. The maximum atomic E-state index is 13.3. The van der Waals surface area contributed by atoms with Crippen LogP contribution in [0.1, 0.15) is 16.8 Å². The third-order valence-corrected chi connectivity index (χ3v) is 5.88. The molecule has 1 aromatic carbocycles. The van der Waals surface area contributed by atoms with E-state index in [9.17, 15) is 14.4 Å². The van der Waals surface area contributed by atoms with Crippen LogP contribution >= 0.6 is 0 Å². The van der Waals surface area contributed by atoms with Crippen molar-refractivity contribution in [1.82, 2.24) is 19.2 Å². The summed E-state index contributed by atoms with van der Waals surface area (Å²) >= 11 is 0. The topological polar surface area (TPSA) is 72.5 Å². The molecule has 0 saturated carbocycles. The second-order valence-corrected chi connectivity index (χ2v) is 7.98. The molecule has 4 aromatic rings. The molecule has 160 valence electrons. The van der Waals surface area contributed by atoms with Crippen molar-refractivity contribution in [2.45, 2.75) is 20.0 Å². The molecule has 8 heteroatoms. The molecule has 1 aliphatic heterocycles. The number of benzene rings is 1. The van der Waals surface area contributed by atoms with Gasteiger partial charge in [0.1, 0.15) is 11.3 Å². The number of morpholine rings is 1. The van der Waals surface area contributed by atoms with Crippen LogP contribution in [-0.4, -0.2) is 50.7 Å². The summed E-state index contributed by atoms with van der Waals surface area (Å²) in [7, 11) is 0. The zero-order chi connectivity index (χ0) is 21.5. The Morgan fingerprint density at radius 3 is 2.65 bits per heavy atom. The van der Waals surface area contributed by atoms with Crippen molar-refractivity contribution < 1.29 is 14.3 Å². The molecule has 0 amide bonds. The molecule has 1 saturated heterocycles. The van der Waals surface area contributed by atoms with Crippen LogP contribution in [0.4, 0.5) is 4.39 Å². The van der Waals surface area contributed by atoms with Crippen molar-refractivity contribution in [3.05, 3.63) is 75.7 Å². The van der Waals surface area contributed by atoms with Crippen molar-refractivity contribution in [2.24, 2.45) is 0 Å². The van der Waals surface area contributed by atoms with Crippen LogP contribution in [0.25, 0.3) is 21.8 Å². The maximum Gasteiger partial charge on any atom is 0.309 e. The first kappa shape index (κ1) is 19.7. The van der Waals surface area contributed by atoms with Gasteiger partial charge in [-0.05, 0) is 36.2 Å². The number of aromatic nitrogens is 3. The first-order valence-corrected chi connectivity index (χ1v) is 10.3. The zero-order valence-electron chi connectivity index (χ0n) is 17.2. The molecule has 5 rings (SSSR count). The molecule has 0 unspecified atom stereocenters. The van der Waals surface area contributed by atoms with Crippen molar-refractivity contribution in [3.63, 3.8) is 0 Å². The number of hydrogen-bond acceptors (Lipinski definition) is 5. The summed E-state index contributed by atoms with van der Waals surface area (Å²) < 4.78 is 21.5. The standard InChI is InChI=1S/C23H23FN4O3/c1-15-10-19-21-17(13-26-6-8-31-9-7-26)14-27(12-16-2-4-18(24)5-3-16)20(21)11-25-22(19)23(29)28(15)30/h2-5,10-11,14,30H,6-9,12-13H2,1H3. The summed E-state index contributed by atoms with van der Waals surface area (Å²) in [5, 5.41) is 11.7. The maximum absolute atomic E-state index is 13.3. The SMILES string of the molecule is Cc1cc2c(ncc3c2c(CN2CCOCC2)cn3Cc2ccc(F)cc2)c(=O)n1O. The van der Waals surface area contributed by atoms with E-state index in [4.69, 9.17) is 4.74 Å². The minimum absolute atomic E-state index is 0.239. The Balaban J connectivity index is 1.69. The number of ether oxygens (including phenoxy) is 1. The number of halogens is 1. The highest BCUT2D eigenvalue weighted by molar-refractivity contribution is 6.06. The fourth-order valence-corrected chi connectivity index (χ4v) is 4.27. The molecule has 31 heavy (non-hydrogen) atoms. The normalized spacial score (nSPS) is 15.2. The lowest BCUT2D eigenvalue weighted by Gasteiger charge is -2.26. The average Bonchev–Trinajstić information content (AvgIpc) is 3.12. The highest BCUT2D eigenvalue weighted by Crippen LogP contribution is 2.30. The molecule has 1 fully saturated rings. The first-order valence-electron chi connectivity index (χ1n) is 10.3. The van der Waals surface area contributed by atoms with Gasteiger partial charge in [0.05, 0.1) is 30.6 Å². The summed E-state index contributed by atoms with van der Waals surface area (Å²) in [5.74, 6) is -0.266. The molecule has 4 heterocycles. The minimum atomic E-state index is -0.527. The number of hydrogen-bond donors (Lipinski definition) is 1. The Morgan fingerprint density at radius 2 is 1.90 bits per heavy atom. The van der Waals surface area contributed by atoms with Crippen LogP contribution in [-0.2, 0) is 17.8 Å². The number of aryl methyl sites for hydroxylation is 1. The quantitative estimate of drug-likeness (QED) is 0.512. The van der Waals surface area contributed by atoms with E-state index in [2.05, 4.69) is 20.6 Å². The minimum Gasteiger partial charge on any atom is -0.425 e. The predicted octanol–water partition coefficient (Wildman–Crippen LogP) is 2.92. The van der Waals surface area contributed by atoms with E-state index in [0.29, 0.717) is 30.2 Å². The number of fused-ring (bicyclic) bond motifs is 3. The van der Waals surface area contributed by atoms with E-state index in [1.54, 1.807) is 31.3 Å². The van der Waals surface area contributed by atoms with E-state index in [0.717, 1.165) is 47.1 Å². The molecule has 0 aliphatic carbocycles. The van der Waals surface area contributed by atoms with Gasteiger partial charge in [0, 0.05) is 43.1 Å². The van der Waals surface area contributed by atoms with Gasteiger partial charge in [-0.15, -0.1) is 0 Å². The Labute approximate surface area is 177 Å². The molecule has 0 bridgehead atoms. The van der Waals surface area contributed by atoms with Crippen LogP contribution in [0.3, 0.4) is 0 Å². The van der Waals surface area contributed by atoms with E-state index in [-0.39, 0.29) is 11.3 Å². The third kappa shape index (κ3) is 3.58. The van der Waals surface area contributed by atoms with Gasteiger partial charge in [-0.1, -0.05) is 12.1 Å². The Morgan fingerprint density at radius 1 is 1.16 bits per heavy atom. The second kappa shape index (κ2) is 7.79. The second-order valence-electron chi connectivity index (χ2n) is 7.98. The van der Waals surface area contributed by atoms with Crippen molar-refractivity contribution in [1.29, 1.82) is 0 Å². The smallest absolute Gasteiger partial charge is 0.309 e. The summed E-state index contributed by atoms with van der Waals surface area (Å²) in [6.07, 6.45) is 3.77. The lowest BCUT2D eigenvalue weighted by molar-refractivity contribution is 0.0343. The number of pyridine rings is 2. The molecule has 0 radical (unpaired) electrons. The third-order valence-electron chi connectivity index (χ3n) is 5.88. The first-order chi connectivity index (χ1) is 15.0. The molecule has 1 aliphatic rings. The van der Waals surface area contributed by atoms with Crippen molar-refractivity contribution >= 4 is 21.8 Å². The lowest BCUT2D eigenvalue weighted by atomic mass is 10.1. The molecule has 1 N–H and O–H groups in total. The van der Waals surface area contributed by atoms with Gasteiger partial charge in [0.25, 0.3) is 0 Å². The molecular formula is C23H23FN4O3. The number of rotatable bonds is 4. The van der Waals surface area contributed by atoms with Gasteiger partial charge in [0.15, 0.2) is 0 Å². The predicted molar refractivity (Wildman–Crippen MR) is 115 cm³/mol. The van der Waals surface area contributed by atoms with E-state index < -0.39 is 5.56 Å². The fourth-order valence-electron chi connectivity index (χ4n) is 4.27. The molecular weight excluding hydrogens is 399 g/mol. The van der Waals surface area contributed by atoms with Crippen LogP contribution in [0.2, 0.25) is 0 Å². The van der Waals surface area contributed by atoms with Gasteiger partial charge >= 0.3 is 5.56 Å². The van der Waals surface area contributed by atoms with Gasteiger partial charge in [-0.2, -0.15) is 4.73 Å². The van der Waals surface area contributed by atoms with Gasteiger partial charge < -0.3 is 14.5 Å². The molecule has 0 spiro atoms. The Hall–Kier alpha value is -3.23. The van der Waals surface area contributed by atoms with Crippen LogP contribution < -0.4 is 5.56 Å². The van der Waals surface area contributed by atoms with E-state index in [1.807, 2.05) is 0 Å². The highest BCUT2D eigenvalue weighted by atomic mass is 19.1. The van der Waals surface area contributed by atoms with Crippen LogP contribution in [0.15, 0.2) is 47.5 Å². The molecule has 7 nitrogen and oxygen atoms in total. The summed E-state index contributed by atoms with van der Waals surface area (Å²) in [6.45, 7) is 6.05. The largest absolute Gasteiger partial charge is 0.425 e. The Kier molecular flexibility index (Phi) is 4.95. The van der Waals surface area contributed by atoms with Gasteiger partial charge in [0.2, 0.25) is 0 Å². The summed E-state index contributed by atoms with van der Waals surface area (Å²) in [4.78, 5) is 19.3. The number of nitrogens with zero attached hydrogens (tertiary/aromatic N) is 4. The van der Waals surface area contributed by atoms with E-state index in [1.165, 1.54) is 12.1 Å². The fraction of sp³-hybridized carbons (Fsp3) is 0.304. The van der Waals surface area contributed by atoms with Gasteiger partial charge in [-0.3, -0.25) is 9.69 Å². The van der Waals surface area contributed by atoms with Gasteiger partial charge in [-0.25, -0.2) is 9.37 Å². The lowest BCUT2D eigenvalue weighted by Crippen LogP contribution is -2.35. The monoisotopic (exact) mass is 422 g/mol.